The molecule has 0 heterocycles. The second-order valence-corrected chi connectivity index (χ2v) is 5.35. The van der Waals surface area contributed by atoms with Gasteiger partial charge >= 0.3 is 6.09 Å². The van der Waals surface area contributed by atoms with Crippen molar-refractivity contribution in [3.05, 3.63) is 35.9 Å². The minimum atomic E-state index is -0.624. The van der Waals surface area contributed by atoms with Crippen LogP contribution in [0.3, 0.4) is 0 Å². The minimum Gasteiger partial charge on any atom is -0.445 e. The van der Waals surface area contributed by atoms with E-state index in [2.05, 4.69) is 5.32 Å². The van der Waals surface area contributed by atoms with Crippen LogP contribution in [-0.4, -0.2) is 24.0 Å². The average Bonchev–Trinajstić information content (AvgIpc) is 2.44. The molecule has 1 aliphatic carbocycles. The Kier molecular flexibility index (Phi) is 4.74. The Morgan fingerprint density at radius 2 is 2.10 bits per heavy atom. The summed E-state index contributed by atoms with van der Waals surface area (Å²) in [5.41, 5.74) is 6.42. The van der Waals surface area contributed by atoms with E-state index in [1.54, 1.807) is 0 Å². The van der Waals surface area contributed by atoms with E-state index in [1.807, 2.05) is 30.3 Å². The molecule has 3 N–H and O–H groups in total. The van der Waals surface area contributed by atoms with Gasteiger partial charge in [-0.2, -0.15) is 0 Å². The third-order valence-electron chi connectivity index (χ3n) is 3.48. The van der Waals surface area contributed by atoms with Gasteiger partial charge in [-0.1, -0.05) is 30.3 Å². The summed E-state index contributed by atoms with van der Waals surface area (Å²) in [6, 6.07) is 9.45. The highest BCUT2D eigenvalue weighted by molar-refractivity contribution is 5.80. The summed E-state index contributed by atoms with van der Waals surface area (Å²) in [5.74, 6) is 0.165. The van der Waals surface area contributed by atoms with Crippen molar-refractivity contribution in [1.29, 1.82) is 0 Å². The first-order valence-corrected chi connectivity index (χ1v) is 6.83. The predicted molar refractivity (Wildman–Crippen MR) is 75.0 cm³/mol. The molecule has 1 atom stereocenters. The summed E-state index contributed by atoms with van der Waals surface area (Å²) < 4.78 is 5.10. The third-order valence-corrected chi connectivity index (χ3v) is 3.48. The number of ketones is 1. The van der Waals surface area contributed by atoms with Crippen LogP contribution >= 0.6 is 0 Å². The van der Waals surface area contributed by atoms with Crippen molar-refractivity contribution < 1.29 is 14.3 Å². The lowest BCUT2D eigenvalue weighted by Crippen LogP contribution is -2.53. The number of amides is 1. The Bertz CT molecular complexity index is 475. The van der Waals surface area contributed by atoms with Crippen LogP contribution in [0.1, 0.15) is 31.2 Å². The second-order valence-electron chi connectivity index (χ2n) is 5.35. The second kappa shape index (κ2) is 6.52. The van der Waals surface area contributed by atoms with Crippen molar-refractivity contribution in [3.8, 4) is 0 Å². The molecule has 2 rings (SSSR count). The predicted octanol–water partition coefficient (Wildman–Crippen LogP) is 1.75. The molecule has 1 aliphatic rings. The Hall–Kier alpha value is -1.88. The van der Waals surface area contributed by atoms with Crippen molar-refractivity contribution in [2.45, 2.75) is 37.8 Å². The molecule has 0 radical (unpaired) electrons. The van der Waals surface area contributed by atoms with Crippen molar-refractivity contribution >= 4 is 11.9 Å². The van der Waals surface area contributed by atoms with Crippen LogP contribution < -0.4 is 11.1 Å². The van der Waals surface area contributed by atoms with E-state index < -0.39 is 11.6 Å². The van der Waals surface area contributed by atoms with E-state index >= 15 is 0 Å². The number of rotatable bonds is 4. The summed E-state index contributed by atoms with van der Waals surface area (Å²) in [5, 5.41) is 2.65. The van der Waals surface area contributed by atoms with Gasteiger partial charge in [-0.05, 0) is 18.4 Å². The van der Waals surface area contributed by atoms with Crippen LogP contribution in [0.2, 0.25) is 0 Å². The molecule has 0 saturated heterocycles. The first-order valence-electron chi connectivity index (χ1n) is 6.83. The molecule has 1 saturated carbocycles. The van der Waals surface area contributed by atoms with Crippen LogP contribution in [0.15, 0.2) is 30.3 Å². The van der Waals surface area contributed by atoms with Gasteiger partial charge < -0.3 is 15.8 Å². The molecular weight excluding hydrogens is 256 g/mol. The molecule has 20 heavy (non-hydrogen) atoms. The fourth-order valence-corrected chi connectivity index (χ4v) is 2.38. The van der Waals surface area contributed by atoms with Crippen molar-refractivity contribution in [2.24, 2.45) is 5.73 Å². The molecule has 5 heteroatoms. The SMILES string of the molecule is NC1(CNC(=O)OCc2ccccc2)CCCC(=O)C1. The number of alkyl carbamates (subject to hydrolysis) is 1. The molecule has 1 aromatic carbocycles. The smallest absolute Gasteiger partial charge is 0.407 e. The normalized spacial score (nSPS) is 22.4. The highest BCUT2D eigenvalue weighted by atomic mass is 16.5. The number of carbonyl (C=O) groups is 2. The number of benzene rings is 1. The van der Waals surface area contributed by atoms with Crippen LogP contribution in [0.4, 0.5) is 4.79 Å². The van der Waals surface area contributed by atoms with Gasteiger partial charge in [0.15, 0.2) is 0 Å². The van der Waals surface area contributed by atoms with Gasteiger partial charge in [0, 0.05) is 24.9 Å². The highest BCUT2D eigenvalue weighted by Crippen LogP contribution is 2.22. The van der Waals surface area contributed by atoms with Gasteiger partial charge in [-0.3, -0.25) is 4.79 Å². The van der Waals surface area contributed by atoms with Gasteiger partial charge in [-0.25, -0.2) is 4.79 Å². The number of hydrogen-bond acceptors (Lipinski definition) is 4. The van der Waals surface area contributed by atoms with Gasteiger partial charge in [0.2, 0.25) is 0 Å². The van der Waals surface area contributed by atoms with E-state index in [0.29, 0.717) is 12.8 Å². The van der Waals surface area contributed by atoms with Crippen molar-refractivity contribution in [3.63, 3.8) is 0 Å². The molecule has 1 aromatic rings. The number of nitrogens with two attached hydrogens (primary N) is 1. The summed E-state index contributed by atoms with van der Waals surface area (Å²) in [4.78, 5) is 23.0. The van der Waals surface area contributed by atoms with E-state index in [9.17, 15) is 9.59 Å². The first kappa shape index (κ1) is 14.5. The number of ether oxygens (including phenoxy) is 1. The number of nitrogens with one attached hydrogen (secondary N) is 1. The lowest BCUT2D eigenvalue weighted by Gasteiger charge is -2.32. The van der Waals surface area contributed by atoms with Crippen LogP contribution in [0.25, 0.3) is 0 Å². The molecule has 1 fully saturated rings. The molecule has 0 bridgehead atoms. The van der Waals surface area contributed by atoms with Gasteiger partial charge in [0.25, 0.3) is 0 Å². The molecule has 5 nitrogen and oxygen atoms in total. The molecule has 0 aliphatic heterocycles. The third kappa shape index (κ3) is 4.35. The van der Waals surface area contributed by atoms with Crippen molar-refractivity contribution in [1.82, 2.24) is 5.32 Å². The molecule has 0 aromatic heterocycles. The Morgan fingerprint density at radius 3 is 2.80 bits per heavy atom. The zero-order valence-electron chi connectivity index (χ0n) is 11.4. The number of carbonyl (C=O) groups excluding carboxylic acids is 2. The number of Topliss-reactive ketones (excluding diaryl/α,β-unsaturated/α-hetero) is 1. The van der Waals surface area contributed by atoms with Crippen molar-refractivity contribution in [2.75, 3.05) is 6.54 Å². The fourth-order valence-electron chi connectivity index (χ4n) is 2.38. The molecule has 1 amide bonds. The largest absolute Gasteiger partial charge is 0.445 e. The molecule has 108 valence electrons. The maximum atomic E-state index is 11.6. The first-order chi connectivity index (χ1) is 9.57. The lowest BCUT2D eigenvalue weighted by atomic mass is 9.82. The van der Waals surface area contributed by atoms with E-state index in [4.69, 9.17) is 10.5 Å². The molecule has 1 unspecified atom stereocenters. The summed E-state index contributed by atoms with van der Waals surface area (Å²) in [6.45, 7) is 0.496. The monoisotopic (exact) mass is 276 g/mol. The maximum absolute atomic E-state index is 11.6. The van der Waals surface area contributed by atoms with Gasteiger partial charge in [0.1, 0.15) is 12.4 Å². The maximum Gasteiger partial charge on any atom is 0.407 e. The molecular formula is C15H20N2O3. The topological polar surface area (TPSA) is 81.4 Å². The minimum absolute atomic E-state index is 0.165. The molecule has 0 spiro atoms. The Morgan fingerprint density at radius 1 is 1.35 bits per heavy atom. The Balaban J connectivity index is 1.73. The quantitative estimate of drug-likeness (QED) is 0.878. The zero-order chi connectivity index (χ0) is 14.4. The highest BCUT2D eigenvalue weighted by Gasteiger charge is 2.32. The van der Waals surface area contributed by atoms with E-state index in [1.165, 1.54) is 0 Å². The summed E-state index contributed by atoms with van der Waals surface area (Å²) in [6.07, 6.45) is 1.95. The fraction of sp³-hybridized carbons (Fsp3) is 0.467. The lowest BCUT2D eigenvalue weighted by molar-refractivity contribution is -0.121. The zero-order valence-corrected chi connectivity index (χ0v) is 11.4. The summed E-state index contributed by atoms with van der Waals surface area (Å²) >= 11 is 0. The standard InChI is InChI=1S/C15H20N2O3/c16-15(8-4-7-13(18)9-15)11-17-14(19)20-10-12-5-2-1-3-6-12/h1-3,5-6H,4,7-11,16H2,(H,17,19). The summed E-state index contributed by atoms with van der Waals surface area (Å²) in [7, 11) is 0. The number of hydrogen-bond donors (Lipinski definition) is 2. The Labute approximate surface area is 118 Å². The van der Waals surface area contributed by atoms with Crippen LogP contribution in [-0.2, 0) is 16.1 Å². The van der Waals surface area contributed by atoms with Crippen LogP contribution in [0.5, 0.6) is 0 Å². The van der Waals surface area contributed by atoms with E-state index in [0.717, 1.165) is 18.4 Å². The average molecular weight is 276 g/mol. The van der Waals surface area contributed by atoms with E-state index in [-0.39, 0.29) is 18.9 Å². The van der Waals surface area contributed by atoms with Gasteiger partial charge in [-0.15, -0.1) is 0 Å². The van der Waals surface area contributed by atoms with Gasteiger partial charge in [0.05, 0.1) is 0 Å². The van der Waals surface area contributed by atoms with Crippen LogP contribution in [0, 0.1) is 0 Å².